The number of nitrogens with zero attached hydrogens (tertiary/aromatic N) is 1. The van der Waals surface area contributed by atoms with E-state index in [2.05, 4.69) is 4.98 Å². The van der Waals surface area contributed by atoms with E-state index >= 15 is 0 Å². The first-order chi connectivity index (χ1) is 12.1. The first-order valence-electron chi connectivity index (χ1n) is 7.81. The maximum Gasteiger partial charge on any atom is 0.355 e. The number of hydrogen-bond acceptors (Lipinski definition) is 4. The molecule has 0 radical (unpaired) electrons. The van der Waals surface area contributed by atoms with Gasteiger partial charge in [0.05, 0.1) is 17.1 Å². The number of esters is 1. The Kier molecular flexibility index (Phi) is 4.61. The van der Waals surface area contributed by atoms with Crippen LogP contribution >= 0.6 is 0 Å². The summed E-state index contributed by atoms with van der Waals surface area (Å²) in [7, 11) is 0. The van der Waals surface area contributed by atoms with Gasteiger partial charge in [-0.25, -0.2) is 4.79 Å². The van der Waals surface area contributed by atoms with Gasteiger partial charge in [0.1, 0.15) is 11.4 Å². The molecule has 25 heavy (non-hydrogen) atoms. The fraction of sp³-hybridized carbons (Fsp3) is 0.105. The third-order valence-corrected chi connectivity index (χ3v) is 3.76. The van der Waals surface area contributed by atoms with E-state index in [0.29, 0.717) is 11.1 Å². The number of nitrogens with one attached hydrogen (secondary N) is 1. The van der Waals surface area contributed by atoms with Crippen LogP contribution in [0.1, 0.15) is 17.4 Å². The lowest BCUT2D eigenvalue weighted by atomic mass is 10.0. The van der Waals surface area contributed by atoms with Gasteiger partial charge in [-0.3, -0.25) is 10.1 Å². The molecule has 0 aliphatic carbocycles. The lowest BCUT2D eigenvalue weighted by Gasteiger charge is -2.03. The van der Waals surface area contributed by atoms with Crippen molar-refractivity contribution >= 4 is 11.7 Å². The molecule has 3 rings (SSSR count). The van der Waals surface area contributed by atoms with Gasteiger partial charge in [-0.2, -0.15) is 0 Å². The van der Waals surface area contributed by atoms with Crippen molar-refractivity contribution in [2.24, 2.45) is 0 Å². The molecule has 0 amide bonds. The van der Waals surface area contributed by atoms with E-state index < -0.39 is 10.9 Å². The lowest BCUT2D eigenvalue weighted by molar-refractivity contribution is -0.383. The monoisotopic (exact) mass is 336 g/mol. The fourth-order valence-electron chi connectivity index (χ4n) is 2.73. The summed E-state index contributed by atoms with van der Waals surface area (Å²) in [5, 5.41) is 11.8. The average Bonchev–Trinajstić information content (AvgIpc) is 3.04. The number of rotatable bonds is 5. The molecule has 2 aromatic carbocycles. The quantitative estimate of drug-likeness (QED) is 0.424. The van der Waals surface area contributed by atoms with Crippen molar-refractivity contribution in [1.29, 1.82) is 0 Å². The van der Waals surface area contributed by atoms with Crippen molar-refractivity contribution < 1.29 is 14.5 Å². The Balaban J connectivity index is 2.32. The minimum atomic E-state index is -0.619. The maximum absolute atomic E-state index is 12.4. The summed E-state index contributed by atoms with van der Waals surface area (Å²) >= 11 is 0. The number of hydrogen-bond donors (Lipinski definition) is 1. The Morgan fingerprint density at radius 1 is 1.04 bits per heavy atom. The molecular weight excluding hydrogens is 320 g/mol. The van der Waals surface area contributed by atoms with Crippen LogP contribution in [-0.4, -0.2) is 22.5 Å². The van der Waals surface area contributed by atoms with Gasteiger partial charge in [0, 0.05) is 5.56 Å². The molecule has 1 N–H and O–H groups in total. The number of benzene rings is 2. The molecule has 0 saturated carbocycles. The Hall–Kier alpha value is -3.41. The second kappa shape index (κ2) is 7.00. The van der Waals surface area contributed by atoms with E-state index in [0.717, 1.165) is 0 Å². The second-order valence-electron chi connectivity index (χ2n) is 5.31. The van der Waals surface area contributed by atoms with Crippen molar-refractivity contribution in [3.63, 3.8) is 0 Å². The van der Waals surface area contributed by atoms with E-state index in [1.807, 2.05) is 12.1 Å². The van der Waals surface area contributed by atoms with Gasteiger partial charge >= 0.3 is 11.7 Å². The second-order valence-corrected chi connectivity index (χ2v) is 5.31. The minimum absolute atomic E-state index is 0.0820. The lowest BCUT2D eigenvalue weighted by Crippen LogP contribution is -2.06. The summed E-state index contributed by atoms with van der Waals surface area (Å²) in [6, 6.07) is 17.7. The van der Waals surface area contributed by atoms with Crippen molar-refractivity contribution in [3.05, 3.63) is 76.5 Å². The average molecular weight is 336 g/mol. The maximum atomic E-state index is 12.4. The highest BCUT2D eigenvalue weighted by Gasteiger charge is 2.32. The van der Waals surface area contributed by atoms with Crippen LogP contribution in [0, 0.1) is 10.1 Å². The third-order valence-electron chi connectivity index (χ3n) is 3.76. The summed E-state index contributed by atoms with van der Waals surface area (Å²) in [6.07, 6.45) is 0. The Morgan fingerprint density at radius 2 is 1.60 bits per heavy atom. The molecule has 3 aromatic rings. The number of H-pyrrole nitrogens is 1. The van der Waals surface area contributed by atoms with Gasteiger partial charge < -0.3 is 9.72 Å². The molecule has 0 spiro atoms. The SMILES string of the molecule is CCOC(=O)c1[nH]c(-c2ccccc2)c([N+](=O)[O-])c1-c1ccccc1. The zero-order valence-corrected chi connectivity index (χ0v) is 13.6. The molecule has 6 heteroatoms. The molecule has 0 bridgehead atoms. The van der Waals surface area contributed by atoms with Crippen LogP contribution in [0.15, 0.2) is 60.7 Å². The number of ether oxygens (including phenoxy) is 1. The van der Waals surface area contributed by atoms with Gasteiger partial charge in [0.25, 0.3) is 0 Å². The van der Waals surface area contributed by atoms with Gasteiger partial charge in [0.15, 0.2) is 0 Å². The smallest absolute Gasteiger partial charge is 0.355 e. The molecule has 126 valence electrons. The van der Waals surface area contributed by atoms with Crippen LogP contribution < -0.4 is 0 Å². The first kappa shape index (κ1) is 16.4. The summed E-state index contributed by atoms with van der Waals surface area (Å²) in [5.74, 6) is -0.619. The molecule has 0 atom stereocenters. The van der Waals surface area contributed by atoms with Crippen molar-refractivity contribution in [2.75, 3.05) is 6.61 Å². The highest BCUT2D eigenvalue weighted by Crippen LogP contribution is 2.41. The van der Waals surface area contributed by atoms with Gasteiger partial charge in [-0.05, 0) is 12.5 Å². The van der Waals surface area contributed by atoms with E-state index in [9.17, 15) is 14.9 Å². The number of carbonyl (C=O) groups excluding carboxylic acids is 1. The summed E-state index contributed by atoms with van der Waals surface area (Å²) in [5.41, 5.74) is 1.67. The van der Waals surface area contributed by atoms with Crippen molar-refractivity contribution in [2.45, 2.75) is 6.92 Å². The van der Waals surface area contributed by atoms with Crippen LogP contribution in [0.5, 0.6) is 0 Å². The molecule has 6 nitrogen and oxygen atoms in total. The topological polar surface area (TPSA) is 85.2 Å². The normalized spacial score (nSPS) is 10.4. The summed E-state index contributed by atoms with van der Waals surface area (Å²) < 4.78 is 5.08. The molecule has 0 aliphatic heterocycles. The molecular formula is C19H16N2O4. The number of carbonyl (C=O) groups is 1. The molecule has 1 heterocycles. The molecule has 0 unspecified atom stereocenters. The van der Waals surface area contributed by atoms with Gasteiger partial charge in [-0.1, -0.05) is 60.7 Å². The molecule has 0 fully saturated rings. The predicted octanol–water partition coefficient (Wildman–Crippen LogP) is 4.43. The molecule has 0 saturated heterocycles. The van der Waals surface area contributed by atoms with Gasteiger partial charge in [0.2, 0.25) is 0 Å². The summed E-state index contributed by atoms with van der Waals surface area (Å²) in [4.78, 5) is 26.6. The standard InChI is InChI=1S/C19H16N2O4/c1-2-25-19(22)17-15(13-9-5-3-6-10-13)18(21(23)24)16(20-17)14-11-7-4-8-12-14/h3-12,20H,2H2,1H3. The minimum Gasteiger partial charge on any atom is -0.461 e. The largest absolute Gasteiger partial charge is 0.461 e. The van der Waals surface area contributed by atoms with E-state index in [1.54, 1.807) is 55.5 Å². The Bertz CT molecular complexity index is 902. The van der Waals surface area contributed by atoms with Crippen LogP contribution in [-0.2, 0) is 4.74 Å². The summed E-state index contributed by atoms with van der Waals surface area (Å²) in [6.45, 7) is 1.87. The van der Waals surface area contributed by atoms with E-state index in [4.69, 9.17) is 4.74 Å². The van der Waals surface area contributed by atoms with Crippen molar-refractivity contribution in [3.8, 4) is 22.4 Å². The zero-order chi connectivity index (χ0) is 17.8. The third kappa shape index (κ3) is 3.14. The van der Waals surface area contributed by atoms with Crippen LogP contribution in [0.2, 0.25) is 0 Å². The highest BCUT2D eigenvalue weighted by atomic mass is 16.6. The Morgan fingerprint density at radius 3 is 2.12 bits per heavy atom. The predicted molar refractivity (Wildman–Crippen MR) is 94.3 cm³/mol. The zero-order valence-electron chi connectivity index (χ0n) is 13.6. The number of nitro groups is 1. The number of aromatic amines is 1. The van der Waals surface area contributed by atoms with Crippen LogP contribution in [0.25, 0.3) is 22.4 Å². The Labute approximate surface area is 144 Å². The molecule has 1 aromatic heterocycles. The van der Waals surface area contributed by atoms with E-state index in [1.165, 1.54) is 0 Å². The molecule has 0 aliphatic rings. The van der Waals surface area contributed by atoms with Gasteiger partial charge in [-0.15, -0.1) is 0 Å². The van der Waals surface area contributed by atoms with Crippen LogP contribution in [0.4, 0.5) is 5.69 Å². The fourth-order valence-corrected chi connectivity index (χ4v) is 2.73. The van der Waals surface area contributed by atoms with Crippen molar-refractivity contribution in [1.82, 2.24) is 4.98 Å². The highest BCUT2D eigenvalue weighted by molar-refractivity contribution is 6.02. The first-order valence-corrected chi connectivity index (χ1v) is 7.81. The van der Waals surface area contributed by atoms with Crippen LogP contribution in [0.3, 0.4) is 0 Å². The number of aromatic nitrogens is 1. The van der Waals surface area contributed by atoms with E-state index in [-0.39, 0.29) is 29.2 Å².